The van der Waals surface area contributed by atoms with E-state index in [2.05, 4.69) is 10.3 Å². The average Bonchev–Trinajstić information content (AvgIpc) is 2.06. The summed E-state index contributed by atoms with van der Waals surface area (Å²) >= 11 is 0. The molecule has 0 amide bonds. The zero-order valence-corrected chi connectivity index (χ0v) is 7.50. The van der Waals surface area contributed by atoms with E-state index in [0.717, 1.165) is 18.1 Å². The Kier molecular flexibility index (Phi) is 3.38. The highest BCUT2D eigenvalue weighted by Crippen LogP contribution is 2.13. The molecule has 3 heteroatoms. The Balaban J connectivity index is 2.67. The van der Waals surface area contributed by atoms with Crippen LogP contribution in [0.4, 0.5) is 5.82 Å². The van der Waals surface area contributed by atoms with Gasteiger partial charge in [0.05, 0.1) is 6.61 Å². The van der Waals surface area contributed by atoms with Gasteiger partial charge >= 0.3 is 0 Å². The lowest BCUT2D eigenvalue weighted by molar-refractivity contribution is 0.340. The van der Waals surface area contributed by atoms with Crippen molar-refractivity contribution in [2.45, 2.75) is 13.8 Å². The molecule has 1 rings (SSSR count). The van der Waals surface area contributed by atoms with E-state index < -0.39 is 0 Å². The van der Waals surface area contributed by atoms with Crippen molar-refractivity contribution in [3.63, 3.8) is 0 Å². The van der Waals surface area contributed by atoms with Gasteiger partial charge in [0.2, 0.25) is 0 Å². The third-order valence-electron chi connectivity index (χ3n) is 1.40. The first-order chi connectivity index (χ1) is 5.86. The molecule has 1 aromatic heterocycles. The summed E-state index contributed by atoms with van der Waals surface area (Å²) in [6.07, 6.45) is 1.74. The molecule has 0 radical (unpaired) electrons. The minimum atomic E-state index is 0.690. The fraction of sp³-hybridized carbons (Fsp3) is 0.444. The summed E-state index contributed by atoms with van der Waals surface area (Å²) in [7, 11) is 0. The average molecular weight is 166 g/mol. The van der Waals surface area contributed by atoms with Gasteiger partial charge in [-0.05, 0) is 19.9 Å². The third-order valence-corrected chi connectivity index (χ3v) is 1.40. The quantitative estimate of drug-likeness (QED) is 0.742. The molecular weight excluding hydrogens is 152 g/mol. The van der Waals surface area contributed by atoms with E-state index >= 15 is 0 Å². The number of ether oxygens (including phenoxy) is 1. The van der Waals surface area contributed by atoms with E-state index in [1.54, 1.807) is 6.20 Å². The minimum Gasteiger partial charge on any atom is -0.494 e. The number of pyridine rings is 1. The molecule has 1 N–H and O–H groups in total. The van der Waals surface area contributed by atoms with Crippen molar-refractivity contribution in [1.29, 1.82) is 0 Å². The number of aromatic nitrogens is 1. The molecule has 0 aliphatic carbocycles. The molecule has 12 heavy (non-hydrogen) atoms. The van der Waals surface area contributed by atoms with E-state index in [4.69, 9.17) is 4.74 Å². The first-order valence-electron chi connectivity index (χ1n) is 4.19. The molecule has 0 aliphatic rings. The number of rotatable bonds is 4. The van der Waals surface area contributed by atoms with Gasteiger partial charge in [-0.25, -0.2) is 4.98 Å². The largest absolute Gasteiger partial charge is 0.494 e. The van der Waals surface area contributed by atoms with Gasteiger partial charge in [-0.15, -0.1) is 0 Å². The standard InChI is InChI=1S/C9H14N2O/c1-3-10-9-7-8(12-4-2)5-6-11-9/h5-7H,3-4H2,1-2H3,(H,10,11). The Morgan fingerprint density at radius 1 is 1.50 bits per heavy atom. The van der Waals surface area contributed by atoms with Crippen LogP contribution in [0.3, 0.4) is 0 Å². The zero-order valence-electron chi connectivity index (χ0n) is 7.50. The highest BCUT2D eigenvalue weighted by atomic mass is 16.5. The van der Waals surface area contributed by atoms with E-state index in [0.29, 0.717) is 6.61 Å². The molecule has 0 saturated heterocycles. The molecule has 0 spiro atoms. The van der Waals surface area contributed by atoms with Crippen LogP contribution in [0.2, 0.25) is 0 Å². The molecule has 0 saturated carbocycles. The second-order valence-corrected chi connectivity index (χ2v) is 2.34. The summed E-state index contributed by atoms with van der Waals surface area (Å²) < 4.78 is 5.31. The SMILES string of the molecule is CCNc1cc(OCC)ccn1. The first-order valence-corrected chi connectivity index (χ1v) is 4.19. The van der Waals surface area contributed by atoms with Crippen LogP contribution in [-0.4, -0.2) is 18.1 Å². The second-order valence-electron chi connectivity index (χ2n) is 2.34. The summed E-state index contributed by atoms with van der Waals surface area (Å²) in [5.41, 5.74) is 0. The highest BCUT2D eigenvalue weighted by molar-refractivity contribution is 5.40. The molecule has 0 fully saturated rings. The number of nitrogens with zero attached hydrogens (tertiary/aromatic N) is 1. The maximum Gasteiger partial charge on any atom is 0.129 e. The van der Waals surface area contributed by atoms with Crippen LogP contribution >= 0.6 is 0 Å². The Labute approximate surface area is 72.8 Å². The topological polar surface area (TPSA) is 34.1 Å². The Hall–Kier alpha value is -1.25. The van der Waals surface area contributed by atoms with E-state index in [1.165, 1.54) is 0 Å². The van der Waals surface area contributed by atoms with Gasteiger partial charge in [0.15, 0.2) is 0 Å². The van der Waals surface area contributed by atoms with Gasteiger partial charge in [0.1, 0.15) is 11.6 Å². The summed E-state index contributed by atoms with van der Waals surface area (Å²) in [4.78, 5) is 4.12. The van der Waals surface area contributed by atoms with Crippen LogP contribution in [0.1, 0.15) is 13.8 Å². The fourth-order valence-electron chi connectivity index (χ4n) is 0.945. The first kappa shape index (κ1) is 8.84. The van der Waals surface area contributed by atoms with Gasteiger partial charge in [-0.1, -0.05) is 0 Å². The molecule has 1 heterocycles. The van der Waals surface area contributed by atoms with E-state index in [1.807, 2.05) is 26.0 Å². The third kappa shape index (κ3) is 2.42. The van der Waals surface area contributed by atoms with Gasteiger partial charge in [-0.3, -0.25) is 0 Å². The number of hydrogen-bond donors (Lipinski definition) is 1. The number of hydrogen-bond acceptors (Lipinski definition) is 3. The van der Waals surface area contributed by atoms with Gasteiger partial charge < -0.3 is 10.1 Å². The van der Waals surface area contributed by atoms with E-state index in [-0.39, 0.29) is 0 Å². The molecule has 0 bridgehead atoms. The van der Waals surface area contributed by atoms with Crippen LogP contribution in [0, 0.1) is 0 Å². The Morgan fingerprint density at radius 3 is 3.00 bits per heavy atom. The summed E-state index contributed by atoms with van der Waals surface area (Å²) in [6, 6.07) is 3.75. The molecule has 1 aromatic rings. The molecule has 3 nitrogen and oxygen atoms in total. The van der Waals surface area contributed by atoms with Crippen LogP contribution in [0.25, 0.3) is 0 Å². The van der Waals surface area contributed by atoms with Crippen LogP contribution in [0.5, 0.6) is 5.75 Å². The molecule has 0 unspecified atom stereocenters. The summed E-state index contributed by atoms with van der Waals surface area (Å²) in [5, 5.41) is 3.12. The Bertz CT molecular complexity index is 216. The van der Waals surface area contributed by atoms with Crippen LogP contribution in [0.15, 0.2) is 18.3 Å². The van der Waals surface area contributed by atoms with Gasteiger partial charge in [0.25, 0.3) is 0 Å². The van der Waals surface area contributed by atoms with Crippen molar-refractivity contribution in [3.05, 3.63) is 18.3 Å². The lowest BCUT2D eigenvalue weighted by Crippen LogP contribution is -1.99. The predicted octanol–water partition coefficient (Wildman–Crippen LogP) is 1.91. The monoisotopic (exact) mass is 166 g/mol. The Morgan fingerprint density at radius 2 is 2.33 bits per heavy atom. The van der Waals surface area contributed by atoms with Gasteiger partial charge in [0, 0.05) is 18.8 Å². The van der Waals surface area contributed by atoms with E-state index in [9.17, 15) is 0 Å². The zero-order chi connectivity index (χ0) is 8.81. The molecule has 0 aliphatic heterocycles. The lowest BCUT2D eigenvalue weighted by Gasteiger charge is -2.05. The molecule has 66 valence electrons. The van der Waals surface area contributed by atoms with Crippen molar-refractivity contribution in [2.24, 2.45) is 0 Å². The van der Waals surface area contributed by atoms with Crippen molar-refractivity contribution in [1.82, 2.24) is 4.98 Å². The van der Waals surface area contributed by atoms with Crippen LogP contribution < -0.4 is 10.1 Å². The predicted molar refractivity (Wildman–Crippen MR) is 49.6 cm³/mol. The molecule has 0 aromatic carbocycles. The lowest BCUT2D eigenvalue weighted by atomic mass is 10.4. The van der Waals surface area contributed by atoms with Crippen molar-refractivity contribution in [2.75, 3.05) is 18.5 Å². The molecule has 0 atom stereocenters. The van der Waals surface area contributed by atoms with Crippen molar-refractivity contribution >= 4 is 5.82 Å². The van der Waals surface area contributed by atoms with Crippen LogP contribution in [-0.2, 0) is 0 Å². The van der Waals surface area contributed by atoms with Crippen molar-refractivity contribution in [3.8, 4) is 5.75 Å². The number of anilines is 1. The maximum absolute atomic E-state index is 5.31. The summed E-state index contributed by atoms with van der Waals surface area (Å²) in [5.74, 6) is 1.73. The molecular formula is C9H14N2O. The second kappa shape index (κ2) is 4.59. The van der Waals surface area contributed by atoms with Crippen molar-refractivity contribution < 1.29 is 4.74 Å². The smallest absolute Gasteiger partial charge is 0.129 e. The minimum absolute atomic E-state index is 0.690. The fourth-order valence-corrected chi connectivity index (χ4v) is 0.945. The highest BCUT2D eigenvalue weighted by Gasteiger charge is 1.94. The maximum atomic E-state index is 5.31. The summed E-state index contributed by atoms with van der Waals surface area (Å²) in [6.45, 7) is 5.57. The normalized spacial score (nSPS) is 9.50. The van der Waals surface area contributed by atoms with Gasteiger partial charge in [-0.2, -0.15) is 0 Å². The number of nitrogens with one attached hydrogen (secondary N) is 1.